The van der Waals surface area contributed by atoms with E-state index >= 15 is 0 Å². The molecule has 0 fully saturated rings. The average Bonchev–Trinajstić information content (AvgIpc) is 2.76. The van der Waals surface area contributed by atoms with Crippen LogP contribution in [0, 0.1) is 0 Å². The van der Waals surface area contributed by atoms with Crippen LogP contribution in [0.5, 0.6) is 0 Å². The topological polar surface area (TPSA) is 94.1 Å². The van der Waals surface area contributed by atoms with Gasteiger partial charge in [-0.05, 0) is 39.2 Å². The number of nitrogens with one attached hydrogen (secondary N) is 1. The first-order chi connectivity index (χ1) is 15.5. The van der Waals surface area contributed by atoms with Crippen LogP contribution in [-0.4, -0.2) is 44.3 Å². The van der Waals surface area contributed by atoms with E-state index in [1.807, 2.05) is 0 Å². The van der Waals surface area contributed by atoms with E-state index in [9.17, 15) is 14.3 Å². The molecule has 0 bridgehead atoms. The normalized spacial score (nSPS) is 13.5. The lowest BCUT2D eigenvalue weighted by Gasteiger charge is -2.12. The Hall–Kier alpha value is -0.720. The lowest BCUT2D eigenvalue weighted by molar-refractivity contribution is -0.144. The molecule has 0 aliphatic heterocycles. The molecule has 0 aromatic carbocycles. The van der Waals surface area contributed by atoms with E-state index < -0.39 is 7.82 Å². The third kappa shape index (κ3) is 23.9. The SMILES string of the molecule is CCCCCCCC/C=C\CCCCCCCC(=O)OCCCOP(=O)(O)OCCNC. The Morgan fingerprint density at radius 2 is 1.38 bits per heavy atom. The summed E-state index contributed by atoms with van der Waals surface area (Å²) >= 11 is 0. The molecule has 0 aromatic heterocycles. The zero-order chi connectivity index (χ0) is 23.8. The van der Waals surface area contributed by atoms with E-state index in [-0.39, 0.29) is 25.8 Å². The molecular weight excluding hydrogens is 429 g/mol. The minimum absolute atomic E-state index is 0.00795. The quantitative estimate of drug-likeness (QED) is 0.0728. The van der Waals surface area contributed by atoms with Gasteiger partial charge in [0.2, 0.25) is 0 Å². The van der Waals surface area contributed by atoms with E-state index in [0.29, 0.717) is 19.4 Å². The molecule has 1 atom stereocenters. The van der Waals surface area contributed by atoms with Crippen molar-refractivity contribution in [3.8, 4) is 0 Å². The van der Waals surface area contributed by atoms with Crippen molar-refractivity contribution in [1.82, 2.24) is 5.32 Å². The zero-order valence-corrected chi connectivity index (χ0v) is 21.4. The molecule has 0 aliphatic rings. The largest absolute Gasteiger partial charge is 0.472 e. The predicted octanol–water partition coefficient (Wildman–Crippen LogP) is 6.31. The van der Waals surface area contributed by atoms with Crippen LogP contribution in [0.25, 0.3) is 0 Å². The fourth-order valence-electron chi connectivity index (χ4n) is 3.14. The van der Waals surface area contributed by atoms with Gasteiger partial charge in [0, 0.05) is 19.4 Å². The molecule has 32 heavy (non-hydrogen) atoms. The first-order valence-corrected chi connectivity index (χ1v) is 14.1. The van der Waals surface area contributed by atoms with Gasteiger partial charge in [0.1, 0.15) is 0 Å². The molecule has 190 valence electrons. The van der Waals surface area contributed by atoms with Crippen LogP contribution in [0.4, 0.5) is 0 Å². The molecule has 0 heterocycles. The number of hydrogen-bond acceptors (Lipinski definition) is 6. The molecule has 0 radical (unpaired) electrons. The van der Waals surface area contributed by atoms with Gasteiger partial charge in [-0.3, -0.25) is 13.8 Å². The van der Waals surface area contributed by atoms with Crippen molar-refractivity contribution in [2.75, 3.05) is 33.4 Å². The maximum Gasteiger partial charge on any atom is 0.472 e. The second-order valence-corrected chi connectivity index (χ2v) is 9.60. The number of unbranched alkanes of at least 4 members (excludes halogenated alkanes) is 11. The van der Waals surface area contributed by atoms with Crippen molar-refractivity contribution < 1.29 is 28.0 Å². The maximum atomic E-state index is 11.7. The van der Waals surface area contributed by atoms with Gasteiger partial charge in [-0.25, -0.2) is 4.57 Å². The van der Waals surface area contributed by atoms with Crippen molar-refractivity contribution >= 4 is 13.8 Å². The number of rotatable bonds is 24. The van der Waals surface area contributed by atoms with Crippen molar-refractivity contribution in [1.29, 1.82) is 0 Å². The fourth-order valence-corrected chi connectivity index (χ4v) is 3.89. The smallest absolute Gasteiger partial charge is 0.466 e. The van der Waals surface area contributed by atoms with Gasteiger partial charge in [-0.15, -0.1) is 0 Å². The highest BCUT2D eigenvalue weighted by molar-refractivity contribution is 7.47. The minimum atomic E-state index is -4.02. The van der Waals surface area contributed by atoms with Crippen LogP contribution >= 0.6 is 7.82 Å². The van der Waals surface area contributed by atoms with Gasteiger partial charge in [-0.2, -0.15) is 0 Å². The molecule has 0 aliphatic carbocycles. The number of hydrogen-bond donors (Lipinski definition) is 2. The Bertz CT molecular complexity index is 501. The van der Waals surface area contributed by atoms with Gasteiger partial charge < -0.3 is 14.9 Å². The zero-order valence-electron chi connectivity index (χ0n) is 20.5. The monoisotopic (exact) mass is 477 g/mol. The number of carbonyl (C=O) groups excluding carboxylic acids is 1. The standard InChI is InChI=1S/C24H48NO6P/c1-3-4-5-6-7-8-9-10-11-12-13-14-15-16-17-19-24(26)29-21-18-22-30-32(27,28)31-23-20-25-2/h10-11,25H,3-9,12-23H2,1-2H3,(H,27,28)/b11-10-. The summed E-state index contributed by atoms with van der Waals surface area (Å²) in [5.74, 6) is -0.222. The highest BCUT2D eigenvalue weighted by Crippen LogP contribution is 2.42. The average molecular weight is 478 g/mol. The van der Waals surface area contributed by atoms with Crippen LogP contribution in [0.2, 0.25) is 0 Å². The van der Waals surface area contributed by atoms with Gasteiger partial charge in [-0.1, -0.05) is 70.4 Å². The Morgan fingerprint density at radius 1 is 0.812 bits per heavy atom. The van der Waals surface area contributed by atoms with Gasteiger partial charge in [0.25, 0.3) is 0 Å². The molecule has 0 saturated carbocycles. The number of likely N-dealkylation sites (N-methyl/N-ethyl adjacent to an activating group) is 1. The molecule has 8 heteroatoms. The molecule has 2 N–H and O–H groups in total. The Balaban J connectivity index is 3.38. The first-order valence-electron chi connectivity index (χ1n) is 12.6. The lowest BCUT2D eigenvalue weighted by atomic mass is 10.1. The molecule has 0 aromatic rings. The second kappa shape index (κ2) is 23.4. The maximum absolute atomic E-state index is 11.7. The summed E-state index contributed by atoms with van der Waals surface area (Å²) in [4.78, 5) is 21.1. The Morgan fingerprint density at radius 3 is 2.00 bits per heavy atom. The summed E-state index contributed by atoms with van der Waals surface area (Å²) in [7, 11) is -2.30. The number of carbonyl (C=O) groups is 1. The Kier molecular flexibility index (Phi) is 22.9. The Labute approximate surface area is 196 Å². The van der Waals surface area contributed by atoms with E-state index in [0.717, 1.165) is 25.7 Å². The minimum Gasteiger partial charge on any atom is -0.466 e. The third-order valence-electron chi connectivity index (χ3n) is 5.06. The number of allylic oxidation sites excluding steroid dienone is 2. The van der Waals surface area contributed by atoms with E-state index in [1.165, 1.54) is 57.8 Å². The highest BCUT2D eigenvalue weighted by atomic mass is 31.2. The van der Waals surface area contributed by atoms with Crippen molar-refractivity contribution in [2.24, 2.45) is 0 Å². The number of ether oxygens (including phenoxy) is 1. The lowest BCUT2D eigenvalue weighted by Crippen LogP contribution is -2.14. The summed E-state index contributed by atoms with van der Waals surface area (Å²) in [6.07, 6.45) is 21.4. The number of phosphoric acid groups is 1. The number of phosphoric ester groups is 1. The van der Waals surface area contributed by atoms with E-state index in [4.69, 9.17) is 13.8 Å². The second-order valence-electron chi connectivity index (χ2n) is 8.15. The van der Waals surface area contributed by atoms with Crippen LogP contribution in [-0.2, 0) is 23.1 Å². The third-order valence-corrected chi connectivity index (χ3v) is 6.07. The summed E-state index contributed by atoms with van der Waals surface area (Å²) < 4.78 is 26.2. The summed E-state index contributed by atoms with van der Waals surface area (Å²) in [6, 6.07) is 0. The van der Waals surface area contributed by atoms with Crippen LogP contribution in [0.15, 0.2) is 12.2 Å². The molecular formula is C24H48NO6P. The molecule has 7 nitrogen and oxygen atoms in total. The molecule has 0 saturated heterocycles. The van der Waals surface area contributed by atoms with Gasteiger partial charge in [0.15, 0.2) is 0 Å². The van der Waals surface area contributed by atoms with E-state index in [1.54, 1.807) is 7.05 Å². The predicted molar refractivity (Wildman–Crippen MR) is 131 cm³/mol. The summed E-state index contributed by atoms with van der Waals surface area (Å²) in [5, 5.41) is 2.80. The van der Waals surface area contributed by atoms with Crippen molar-refractivity contribution in [3.63, 3.8) is 0 Å². The molecule has 0 spiro atoms. The summed E-state index contributed by atoms with van der Waals surface area (Å²) in [5.41, 5.74) is 0. The van der Waals surface area contributed by atoms with Crippen molar-refractivity contribution in [2.45, 2.75) is 103 Å². The van der Waals surface area contributed by atoms with Crippen molar-refractivity contribution in [3.05, 3.63) is 12.2 Å². The first kappa shape index (κ1) is 31.3. The molecule has 0 amide bonds. The van der Waals surface area contributed by atoms with Crippen LogP contribution < -0.4 is 5.32 Å². The van der Waals surface area contributed by atoms with Crippen LogP contribution in [0.1, 0.15) is 103 Å². The molecule has 0 rings (SSSR count). The van der Waals surface area contributed by atoms with E-state index in [2.05, 4.69) is 24.4 Å². The summed E-state index contributed by atoms with van der Waals surface area (Å²) in [6.45, 7) is 2.99. The van der Waals surface area contributed by atoms with Crippen LogP contribution in [0.3, 0.4) is 0 Å². The fraction of sp³-hybridized carbons (Fsp3) is 0.875. The number of esters is 1. The van der Waals surface area contributed by atoms with Gasteiger partial charge in [0.05, 0.1) is 19.8 Å². The molecule has 1 unspecified atom stereocenters. The highest BCUT2D eigenvalue weighted by Gasteiger charge is 2.20. The van der Waals surface area contributed by atoms with Gasteiger partial charge >= 0.3 is 13.8 Å².